The van der Waals surface area contributed by atoms with Crippen LogP contribution in [0.15, 0.2) is 18.2 Å². The van der Waals surface area contributed by atoms with Gasteiger partial charge in [-0.15, -0.1) is 12.4 Å². The fourth-order valence-corrected chi connectivity index (χ4v) is 5.70. The van der Waals surface area contributed by atoms with E-state index in [0.29, 0.717) is 30.9 Å². The number of aromatic hydroxyl groups is 1. The van der Waals surface area contributed by atoms with Gasteiger partial charge < -0.3 is 14.9 Å². The van der Waals surface area contributed by atoms with Crippen LogP contribution in [0.4, 0.5) is 0 Å². The van der Waals surface area contributed by atoms with Crippen molar-refractivity contribution in [3.8, 4) is 5.75 Å². The molecule has 0 radical (unpaired) electrons. The summed E-state index contributed by atoms with van der Waals surface area (Å²) in [7, 11) is 0. The fraction of sp³-hybridized carbons (Fsp3) is 0.700. The lowest BCUT2D eigenvalue weighted by molar-refractivity contribution is -0.0263. The van der Waals surface area contributed by atoms with Gasteiger partial charge in [0.1, 0.15) is 5.75 Å². The van der Waals surface area contributed by atoms with Crippen LogP contribution in [0.2, 0.25) is 0 Å². The van der Waals surface area contributed by atoms with Gasteiger partial charge in [0.25, 0.3) is 0 Å². The first-order chi connectivity index (χ1) is 11.7. The highest BCUT2D eigenvalue weighted by Gasteiger charge is 2.53. The van der Waals surface area contributed by atoms with Crippen molar-refractivity contribution >= 4 is 12.4 Å². The van der Waals surface area contributed by atoms with Gasteiger partial charge in [-0.2, -0.15) is 0 Å². The molecule has 3 atom stereocenters. The highest BCUT2D eigenvalue weighted by Crippen LogP contribution is 2.56. The van der Waals surface area contributed by atoms with Crippen LogP contribution in [-0.4, -0.2) is 54.1 Å². The van der Waals surface area contributed by atoms with Gasteiger partial charge in [-0.05, 0) is 61.4 Å². The largest absolute Gasteiger partial charge is 0.508 e. The van der Waals surface area contributed by atoms with Crippen LogP contribution in [0.1, 0.15) is 43.2 Å². The van der Waals surface area contributed by atoms with Gasteiger partial charge in [-0.3, -0.25) is 4.90 Å². The number of phenolic OH excluding ortho intramolecular Hbond substituents is 1. The van der Waals surface area contributed by atoms with E-state index in [1.165, 1.54) is 43.2 Å². The second kappa shape index (κ2) is 7.83. The van der Waals surface area contributed by atoms with E-state index in [9.17, 15) is 5.11 Å². The molecule has 2 aliphatic carbocycles. The first-order valence-corrected chi connectivity index (χ1v) is 9.50. The summed E-state index contributed by atoms with van der Waals surface area (Å²) in [5.41, 5.74) is 3.18. The van der Waals surface area contributed by atoms with Crippen LogP contribution in [0, 0.1) is 5.92 Å². The first kappa shape index (κ1) is 19.0. The molecule has 0 spiro atoms. The molecule has 2 bridgehead atoms. The van der Waals surface area contributed by atoms with E-state index in [1.807, 2.05) is 6.07 Å². The van der Waals surface area contributed by atoms with Crippen LogP contribution in [0.3, 0.4) is 0 Å². The van der Waals surface area contributed by atoms with Crippen LogP contribution < -0.4 is 0 Å². The van der Waals surface area contributed by atoms with Crippen molar-refractivity contribution in [2.75, 3.05) is 32.9 Å². The zero-order chi connectivity index (χ0) is 16.6. The summed E-state index contributed by atoms with van der Waals surface area (Å²) in [5.74, 6) is 1.14. The monoisotopic (exact) mass is 367 g/mol. The van der Waals surface area contributed by atoms with E-state index in [1.54, 1.807) is 0 Å². The number of phenols is 1. The Kier molecular flexibility index (Phi) is 5.94. The lowest BCUT2D eigenvalue weighted by Crippen LogP contribution is -2.61. The molecule has 1 heterocycles. The van der Waals surface area contributed by atoms with Crippen molar-refractivity contribution in [3.63, 3.8) is 0 Å². The molecule has 140 valence electrons. The van der Waals surface area contributed by atoms with Crippen molar-refractivity contribution in [1.82, 2.24) is 4.90 Å². The quantitative estimate of drug-likeness (QED) is 0.786. The maximum atomic E-state index is 10.0. The summed E-state index contributed by atoms with van der Waals surface area (Å²) < 4.78 is 5.52. The molecule has 2 fully saturated rings. The first-order valence-electron chi connectivity index (χ1n) is 9.50. The molecule has 25 heavy (non-hydrogen) atoms. The van der Waals surface area contributed by atoms with Crippen LogP contribution in [0.5, 0.6) is 5.75 Å². The average Bonchev–Trinajstić information content (AvgIpc) is 2.61. The standard InChI is InChI=1S/C20H29NO3.ClH/c22-10-12-24-11-9-21-8-7-20-6-2-1-3-17(20)19(21)13-15-4-5-16(23)14-18(15)20;/h4-5,14,17,19,22-23H,1-3,6-13H2;1H/t17-,19-,20-;/m0./s1. The predicted octanol–water partition coefficient (Wildman–Crippen LogP) is 2.88. The smallest absolute Gasteiger partial charge is 0.115 e. The molecule has 1 saturated carbocycles. The number of aliphatic hydroxyl groups is 1. The van der Waals surface area contributed by atoms with E-state index in [4.69, 9.17) is 9.84 Å². The number of hydrogen-bond acceptors (Lipinski definition) is 4. The maximum Gasteiger partial charge on any atom is 0.115 e. The molecule has 0 unspecified atom stereocenters. The zero-order valence-electron chi connectivity index (χ0n) is 14.8. The number of likely N-dealkylation sites (tertiary alicyclic amines) is 1. The molecule has 3 aliphatic rings. The highest BCUT2D eigenvalue weighted by molar-refractivity contribution is 5.85. The minimum absolute atomic E-state index is 0. The number of hydrogen-bond donors (Lipinski definition) is 2. The Balaban J connectivity index is 0.00000182. The highest BCUT2D eigenvalue weighted by atomic mass is 35.5. The molecule has 1 saturated heterocycles. The molecule has 4 rings (SSSR count). The third-order valence-corrected chi connectivity index (χ3v) is 6.69. The molecule has 1 aromatic rings. The summed E-state index contributed by atoms with van der Waals surface area (Å²) in [6.45, 7) is 3.34. The molecular weight excluding hydrogens is 338 g/mol. The van der Waals surface area contributed by atoms with Gasteiger partial charge >= 0.3 is 0 Å². The molecule has 5 heteroatoms. The van der Waals surface area contributed by atoms with E-state index < -0.39 is 0 Å². The Labute approximate surface area is 156 Å². The molecule has 1 aromatic carbocycles. The number of fused-ring (bicyclic) bond motifs is 1. The van der Waals surface area contributed by atoms with Crippen molar-refractivity contribution < 1.29 is 14.9 Å². The second-order valence-electron chi connectivity index (χ2n) is 7.74. The minimum Gasteiger partial charge on any atom is -0.508 e. The van der Waals surface area contributed by atoms with Crippen LogP contribution in [0.25, 0.3) is 0 Å². The van der Waals surface area contributed by atoms with E-state index >= 15 is 0 Å². The minimum atomic E-state index is 0. The molecular formula is C20H30ClNO3. The topological polar surface area (TPSA) is 52.9 Å². The molecule has 0 amide bonds. The number of benzene rings is 1. The Morgan fingerprint density at radius 2 is 2.08 bits per heavy atom. The lowest BCUT2D eigenvalue weighted by Gasteiger charge is -2.59. The Morgan fingerprint density at radius 3 is 2.92 bits per heavy atom. The third kappa shape index (κ3) is 3.30. The number of halogens is 1. The molecule has 4 nitrogen and oxygen atoms in total. The Bertz CT molecular complexity index is 596. The van der Waals surface area contributed by atoms with Crippen molar-refractivity contribution in [2.45, 2.75) is 50.0 Å². The third-order valence-electron chi connectivity index (χ3n) is 6.69. The summed E-state index contributed by atoms with van der Waals surface area (Å²) >= 11 is 0. The van der Waals surface area contributed by atoms with Gasteiger partial charge in [0, 0.05) is 18.0 Å². The van der Waals surface area contributed by atoms with Crippen molar-refractivity contribution in [1.29, 1.82) is 0 Å². The fourth-order valence-electron chi connectivity index (χ4n) is 5.70. The average molecular weight is 368 g/mol. The summed E-state index contributed by atoms with van der Waals surface area (Å²) in [6, 6.07) is 6.66. The van der Waals surface area contributed by atoms with Crippen molar-refractivity contribution in [2.24, 2.45) is 5.92 Å². The number of piperidine rings is 1. The van der Waals surface area contributed by atoms with Gasteiger partial charge in [-0.1, -0.05) is 18.9 Å². The molecule has 2 N–H and O–H groups in total. The van der Waals surface area contributed by atoms with Gasteiger partial charge in [0.2, 0.25) is 0 Å². The second-order valence-corrected chi connectivity index (χ2v) is 7.74. The number of rotatable bonds is 5. The van der Waals surface area contributed by atoms with E-state index in [2.05, 4.69) is 17.0 Å². The summed E-state index contributed by atoms with van der Waals surface area (Å²) in [6.07, 6.45) is 7.55. The Morgan fingerprint density at radius 1 is 1.20 bits per heavy atom. The van der Waals surface area contributed by atoms with Crippen molar-refractivity contribution in [3.05, 3.63) is 29.3 Å². The van der Waals surface area contributed by atoms with Crippen LogP contribution >= 0.6 is 12.4 Å². The van der Waals surface area contributed by atoms with Gasteiger partial charge in [0.05, 0.1) is 19.8 Å². The number of nitrogens with zero attached hydrogens (tertiary/aromatic N) is 1. The van der Waals surface area contributed by atoms with E-state index in [0.717, 1.165) is 19.5 Å². The lowest BCUT2D eigenvalue weighted by atomic mass is 9.52. The predicted molar refractivity (Wildman–Crippen MR) is 101 cm³/mol. The summed E-state index contributed by atoms with van der Waals surface area (Å²) in [4.78, 5) is 2.63. The van der Waals surface area contributed by atoms with Crippen LogP contribution in [-0.2, 0) is 16.6 Å². The number of ether oxygens (including phenoxy) is 1. The molecule has 1 aliphatic heterocycles. The van der Waals surface area contributed by atoms with E-state index in [-0.39, 0.29) is 24.4 Å². The number of aliphatic hydroxyl groups excluding tert-OH is 1. The van der Waals surface area contributed by atoms with Gasteiger partial charge in [-0.25, -0.2) is 0 Å². The normalized spacial score (nSPS) is 30.9. The van der Waals surface area contributed by atoms with Gasteiger partial charge in [0.15, 0.2) is 0 Å². The summed E-state index contributed by atoms with van der Waals surface area (Å²) in [5, 5.41) is 18.9. The maximum absolute atomic E-state index is 10.0. The Hall–Kier alpha value is -0.810. The zero-order valence-corrected chi connectivity index (χ0v) is 15.6. The molecule has 0 aromatic heterocycles. The SMILES string of the molecule is Cl.OCCOCCN1CC[C@@]23CCCC[C@H]2[C@@H]1Cc1ccc(O)cc13.